The van der Waals surface area contributed by atoms with Crippen molar-refractivity contribution in [3.63, 3.8) is 0 Å². The maximum absolute atomic E-state index is 12.0. The molecule has 0 aromatic heterocycles. The predicted octanol–water partition coefficient (Wildman–Crippen LogP) is 2.46. The van der Waals surface area contributed by atoms with Gasteiger partial charge in [0, 0.05) is 6.04 Å². The Morgan fingerprint density at radius 1 is 1.27 bits per heavy atom. The van der Waals surface area contributed by atoms with Gasteiger partial charge in [-0.3, -0.25) is 9.59 Å². The predicted molar refractivity (Wildman–Crippen MR) is 85.0 cm³/mol. The summed E-state index contributed by atoms with van der Waals surface area (Å²) in [6.07, 6.45) is 3.87. The monoisotopic (exact) mass is 305 g/mol. The molecular formula is C17H23NO4. The molecule has 5 nitrogen and oxygen atoms in total. The molecule has 120 valence electrons. The van der Waals surface area contributed by atoms with Crippen LogP contribution < -0.4 is 5.73 Å². The molecule has 1 unspecified atom stereocenters. The molecule has 1 rings (SSSR count). The van der Waals surface area contributed by atoms with Crippen LogP contribution in [-0.4, -0.2) is 28.7 Å². The van der Waals surface area contributed by atoms with Gasteiger partial charge in [0.05, 0.1) is 0 Å². The van der Waals surface area contributed by atoms with Gasteiger partial charge in [0.2, 0.25) is 0 Å². The first-order valence-corrected chi connectivity index (χ1v) is 7.13. The third-order valence-electron chi connectivity index (χ3n) is 2.87. The maximum atomic E-state index is 12.0. The molecule has 0 radical (unpaired) electrons. The molecule has 1 aromatic rings. The van der Waals surface area contributed by atoms with Gasteiger partial charge < -0.3 is 15.6 Å². The first kappa shape index (κ1) is 17.9. The summed E-state index contributed by atoms with van der Waals surface area (Å²) in [4.78, 5) is 23.3. The molecule has 1 aromatic carbocycles. The van der Waals surface area contributed by atoms with Crippen molar-refractivity contribution in [3.05, 3.63) is 42.0 Å². The second kappa shape index (κ2) is 7.75. The van der Waals surface area contributed by atoms with E-state index in [0.29, 0.717) is 0 Å². The summed E-state index contributed by atoms with van der Waals surface area (Å²) in [6.45, 7) is 5.06. The van der Waals surface area contributed by atoms with Gasteiger partial charge in [0.25, 0.3) is 0 Å². The molecule has 0 aliphatic carbocycles. The molecule has 5 heteroatoms. The number of aliphatic carboxylic acids is 1. The molecule has 0 amide bonds. The number of hydrogen-bond donors (Lipinski definition) is 2. The Bertz CT molecular complexity index is 531. The summed E-state index contributed by atoms with van der Waals surface area (Å²) in [5.41, 5.74) is 6.11. The van der Waals surface area contributed by atoms with Gasteiger partial charge in [0.15, 0.2) is 5.92 Å². The Balaban J connectivity index is 2.69. The van der Waals surface area contributed by atoms with Gasteiger partial charge >= 0.3 is 11.9 Å². The van der Waals surface area contributed by atoms with Crippen molar-refractivity contribution in [3.8, 4) is 0 Å². The molecule has 3 N–H and O–H groups in total. The summed E-state index contributed by atoms with van der Waals surface area (Å²) in [5, 5.41) is 9.22. The number of rotatable bonds is 6. The normalized spacial score (nSPS) is 14.5. The zero-order valence-corrected chi connectivity index (χ0v) is 13.2. The van der Waals surface area contributed by atoms with E-state index < -0.39 is 29.5 Å². The van der Waals surface area contributed by atoms with Crippen molar-refractivity contribution in [2.24, 2.45) is 11.7 Å². The summed E-state index contributed by atoms with van der Waals surface area (Å²) >= 11 is 0. The van der Waals surface area contributed by atoms with Gasteiger partial charge in [-0.05, 0) is 32.8 Å². The number of nitrogens with two attached hydrogens (primary N) is 1. The smallest absolute Gasteiger partial charge is 0.322 e. The lowest BCUT2D eigenvalue weighted by molar-refractivity contribution is -0.167. The first-order valence-electron chi connectivity index (χ1n) is 7.13. The summed E-state index contributed by atoms with van der Waals surface area (Å²) < 4.78 is 5.12. The number of carbonyl (C=O) groups is 2. The average Bonchev–Trinajstić information content (AvgIpc) is 2.37. The standard InChI is InChI=1S/C17H23NO4/c1-17(2,3)22-16(21)14(15(19)20)13(18)11-7-10-12-8-5-4-6-9-12/h4-10,13-14H,11,18H2,1-3H3,(H,19,20)/t13?,14-/m1/s1. The molecule has 22 heavy (non-hydrogen) atoms. The molecule has 0 bridgehead atoms. The Labute approximate surface area is 130 Å². The zero-order chi connectivity index (χ0) is 16.8. The number of ether oxygens (including phenoxy) is 1. The van der Waals surface area contributed by atoms with Gasteiger partial charge in [-0.15, -0.1) is 0 Å². The number of hydrogen-bond acceptors (Lipinski definition) is 4. The Kier molecular flexibility index (Phi) is 6.31. The lowest BCUT2D eigenvalue weighted by Crippen LogP contribution is -2.43. The van der Waals surface area contributed by atoms with Crippen LogP contribution in [-0.2, 0) is 14.3 Å². The van der Waals surface area contributed by atoms with Crippen LogP contribution in [0.2, 0.25) is 0 Å². The highest BCUT2D eigenvalue weighted by Crippen LogP contribution is 2.16. The fourth-order valence-electron chi connectivity index (χ4n) is 1.89. The van der Waals surface area contributed by atoms with Crippen molar-refractivity contribution < 1.29 is 19.4 Å². The lowest BCUT2D eigenvalue weighted by Gasteiger charge is -2.24. The van der Waals surface area contributed by atoms with Crippen molar-refractivity contribution in [1.29, 1.82) is 0 Å². The summed E-state index contributed by atoms with van der Waals surface area (Å²) in [7, 11) is 0. The van der Waals surface area contributed by atoms with Crippen LogP contribution in [0.15, 0.2) is 36.4 Å². The molecule has 0 heterocycles. The van der Waals surface area contributed by atoms with Gasteiger partial charge in [0.1, 0.15) is 5.60 Å². The van der Waals surface area contributed by atoms with E-state index in [4.69, 9.17) is 10.5 Å². The SMILES string of the molecule is CC(C)(C)OC(=O)[C@@H](C(=O)O)C(N)CC=Cc1ccccc1. The van der Waals surface area contributed by atoms with E-state index in [1.165, 1.54) is 0 Å². The number of carboxylic acids is 1. The molecule has 2 atom stereocenters. The molecule has 0 saturated carbocycles. The van der Waals surface area contributed by atoms with Crippen LogP contribution in [0.1, 0.15) is 32.8 Å². The third kappa shape index (κ3) is 6.10. The van der Waals surface area contributed by atoms with Crippen LogP contribution in [0, 0.1) is 5.92 Å². The van der Waals surface area contributed by atoms with Crippen LogP contribution in [0.3, 0.4) is 0 Å². The average molecular weight is 305 g/mol. The quantitative estimate of drug-likeness (QED) is 0.622. The van der Waals surface area contributed by atoms with E-state index in [2.05, 4.69) is 0 Å². The fraction of sp³-hybridized carbons (Fsp3) is 0.412. The van der Waals surface area contributed by atoms with Gasteiger partial charge in [-0.2, -0.15) is 0 Å². The molecule has 0 aliphatic heterocycles. The first-order chi connectivity index (χ1) is 10.2. The van der Waals surface area contributed by atoms with Gasteiger partial charge in [-0.1, -0.05) is 42.5 Å². The highest BCUT2D eigenvalue weighted by atomic mass is 16.6. The molecule has 0 spiro atoms. The Morgan fingerprint density at radius 2 is 1.86 bits per heavy atom. The van der Waals surface area contributed by atoms with Crippen molar-refractivity contribution in [2.75, 3.05) is 0 Å². The molecule has 0 saturated heterocycles. The van der Waals surface area contributed by atoms with E-state index >= 15 is 0 Å². The van der Waals surface area contributed by atoms with Crippen LogP contribution >= 0.6 is 0 Å². The van der Waals surface area contributed by atoms with E-state index in [1.807, 2.05) is 36.4 Å². The van der Waals surface area contributed by atoms with Gasteiger partial charge in [-0.25, -0.2) is 0 Å². The van der Waals surface area contributed by atoms with E-state index in [-0.39, 0.29) is 6.42 Å². The zero-order valence-electron chi connectivity index (χ0n) is 13.2. The van der Waals surface area contributed by atoms with Crippen LogP contribution in [0.4, 0.5) is 0 Å². The minimum absolute atomic E-state index is 0.269. The van der Waals surface area contributed by atoms with Crippen molar-refractivity contribution in [1.82, 2.24) is 0 Å². The summed E-state index contributed by atoms with van der Waals surface area (Å²) in [5.74, 6) is -3.45. The van der Waals surface area contributed by atoms with Crippen LogP contribution in [0.25, 0.3) is 6.08 Å². The van der Waals surface area contributed by atoms with E-state index in [1.54, 1.807) is 26.8 Å². The van der Waals surface area contributed by atoms with E-state index in [9.17, 15) is 14.7 Å². The van der Waals surface area contributed by atoms with Crippen molar-refractivity contribution >= 4 is 18.0 Å². The Morgan fingerprint density at radius 3 is 2.36 bits per heavy atom. The molecule has 0 aliphatic rings. The molecular weight excluding hydrogens is 282 g/mol. The minimum Gasteiger partial charge on any atom is -0.481 e. The maximum Gasteiger partial charge on any atom is 0.322 e. The highest BCUT2D eigenvalue weighted by Gasteiger charge is 2.35. The third-order valence-corrected chi connectivity index (χ3v) is 2.87. The fourth-order valence-corrected chi connectivity index (χ4v) is 1.89. The second-order valence-corrected chi connectivity index (χ2v) is 6.06. The highest BCUT2D eigenvalue weighted by molar-refractivity contribution is 5.95. The largest absolute Gasteiger partial charge is 0.481 e. The molecule has 0 fully saturated rings. The lowest BCUT2D eigenvalue weighted by atomic mass is 9.97. The summed E-state index contributed by atoms with van der Waals surface area (Å²) in [6, 6.07) is 8.72. The number of carbonyl (C=O) groups excluding carboxylic acids is 1. The minimum atomic E-state index is -1.38. The number of esters is 1. The van der Waals surface area contributed by atoms with E-state index in [0.717, 1.165) is 5.56 Å². The van der Waals surface area contributed by atoms with Crippen molar-refractivity contribution in [2.45, 2.75) is 38.8 Å². The Hall–Kier alpha value is -2.14. The number of carboxylic acid groups (broad SMARTS) is 1. The topological polar surface area (TPSA) is 89.6 Å². The second-order valence-electron chi connectivity index (χ2n) is 6.06. The van der Waals surface area contributed by atoms with Crippen LogP contribution in [0.5, 0.6) is 0 Å². The number of benzene rings is 1.